The highest BCUT2D eigenvalue weighted by Crippen LogP contribution is 2.17. The standard InChI is InChI=1S/C15H26O4/c1-5-7-8-9-11-14(10-6-2)15(18-12(3)16)19-13(4)17/h11,15H,5-10H2,1-4H3/b14-11+. The summed E-state index contributed by atoms with van der Waals surface area (Å²) in [6.07, 6.45) is 7.19. The summed E-state index contributed by atoms with van der Waals surface area (Å²) in [5.74, 6) is -0.886. The van der Waals surface area contributed by atoms with Gasteiger partial charge in [-0.3, -0.25) is 9.59 Å². The molecule has 0 aromatic rings. The monoisotopic (exact) mass is 270 g/mol. The van der Waals surface area contributed by atoms with Crippen LogP contribution in [0.5, 0.6) is 0 Å². The number of rotatable bonds is 9. The smallest absolute Gasteiger partial charge is 0.305 e. The molecule has 0 unspecified atom stereocenters. The Morgan fingerprint density at radius 1 is 1.00 bits per heavy atom. The van der Waals surface area contributed by atoms with Crippen LogP contribution < -0.4 is 0 Å². The third-order valence-corrected chi connectivity index (χ3v) is 2.60. The normalized spacial score (nSPS) is 11.5. The first-order valence-corrected chi connectivity index (χ1v) is 7.04. The number of carbonyl (C=O) groups is 2. The van der Waals surface area contributed by atoms with Gasteiger partial charge in [0.25, 0.3) is 6.29 Å². The second kappa shape index (κ2) is 10.6. The topological polar surface area (TPSA) is 52.6 Å². The molecule has 0 atom stereocenters. The lowest BCUT2D eigenvalue weighted by Gasteiger charge is -2.19. The molecule has 0 rings (SSSR count). The van der Waals surface area contributed by atoms with Gasteiger partial charge >= 0.3 is 11.9 Å². The lowest BCUT2D eigenvalue weighted by atomic mass is 10.1. The Morgan fingerprint density at radius 3 is 2.00 bits per heavy atom. The zero-order chi connectivity index (χ0) is 14.7. The Morgan fingerprint density at radius 2 is 1.58 bits per heavy atom. The van der Waals surface area contributed by atoms with Crippen molar-refractivity contribution in [3.8, 4) is 0 Å². The van der Waals surface area contributed by atoms with Crippen molar-refractivity contribution in [2.24, 2.45) is 0 Å². The fraction of sp³-hybridized carbons (Fsp3) is 0.733. The Labute approximate surface area is 116 Å². The molecule has 0 aliphatic rings. The van der Waals surface area contributed by atoms with Gasteiger partial charge in [0.1, 0.15) is 0 Å². The molecule has 110 valence electrons. The van der Waals surface area contributed by atoms with Crippen LogP contribution in [0, 0.1) is 0 Å². The molecule has 0 amide bonds. The van der Waals surface area contributed by atoms with Crippen LogP contribution in [0.25, 0.3) is 0 Å². The SMILES string of the molecule is CCCCC/C=C(\CCC)C(OC(C)=O)OC(C)=O. The highest BCUT2D eigenvalue weighted by molar-refractivity contribution is 5.68. The van der Waals surface area contributed by atoms with Gasteiger partial charge in [0.15, 0.2) is 0 Å². The summed E-state index contributed by atoms with van der Waals surface area (Å²) in [7, 11) is 0. The molecule has 0 saturated heterocycles. The molecule has 0 heterocycles. The van der Waals surface area contributed by atoms with E-state index < -0.39 is 18.2 Å². The lowest BCUT2D eigenvalue weighted by Crippen LogP contribution is -2.24. The molecule has 0 fully saturated rings. The summed E-state index contributed by atoms with van der Waals surface area (Å²) in [6, 6.07) is 0. The van der Waals surface area contributed by atoms with Crippen molar-refractivity contribution >= 4 is 11.9 Å². The van der Waals surface area contributed by atoms with Gasteiger partial charge in [0.2, 0.25) is 0 Å². The summed E-state index contributed by atoms with van der Waals surface area (Å²) in [6.45, 7) is 6.82. The summed E-state index contributed by atoms with van der Waals surface area (Å²) >= 11 is 0. The van der Waals surface area contributed by atoms with Crippen LogP contribution in [0.15, 0.2) is 11.6 Å². The maximum atomic E-state index is 11.1. The van der Waals surface area contributed by atoms with E-state index in [9.17, 15) is 9.59 Å². The van der Waals surface area contributed by atoms with Gasteiger partial charge < -0.3 is 9.47 Å². The second-order valence-electron chi connectivity index (χ2n) is 4.58. The van der Waals surface area contributed by atoms with E-state index in [1.54, 1.807) is 0 Å². The zero-order valence-corrected chi connectivity index (χ0v) is 12.5. The molecule has 0 aliphatic heterocycles. The maximum absolute atomic E-state index is 11.1. The fourth-order valence-corrected chi connectivity index (χ4v) is 1.76. The third kappa shape index (κ3) is 9.28. The van der Waals surface area contributed by atoms with Crippen molar-refractivity contribution in [2.45, 2.75) is 72.5 Å². The predicted molar refractivity (Wildman–Crippen MR) is 74.5 cm³/mol. The largest absolute Gasteiger partial charge is 0.421 e. The predicted octanol–water partition coefficient (Wildman–Crippen LogP) is 3.75. The molecule has 0 saturated carbocycles. The maximum Gasteiger partial charge on any atom is 0.305 e. The molecule has 4 heteroatoms. The number of carbonyl (C=O) groups excluding carboxylic acids is 2. The van der Waals surface area contributed by atoms with Gasteiger partial charge in [0.05, 0.1) is 0 Å². The van der Waals surface area contributed by atoms with Crippen LogP contribution in [-0.2, 0) is 19.1 Å². The van der Waals surface area contributed by atoms with Crippen molar-refractivity contribution in [1.29, 1.82) is 0 Å². The summed E-state index contributed by atoms with van der Waals surface area (Å²) in [5.41, 5.74) is 0.879. The minimum atomic E-state index is -0.864. The van der Waals surface area contributed by atoms with Crippen molar-refractivity contribution in [2.75, 3.05) is 0 Å². The number of hydrogen-bond donors (Lipinski definition) is 0. The first kappa shape index (κ1) is 17.7. The van der Waals surface area contributed by atoms with Crippen LogP contribution in [-0.4, -0.2) is 18.2 Å². The van der Waals surface area contributed by atoms with Crippen molar-refractivity contribution in [1.82, 2.24) is 0 Å². The Kier molecular flexibility index (Phi) is 9.85. The van der Waals surface area contributed by atoms with E-state index in [0.717, 1.165) is 37.7 Å². The van der Waals surface area contributed by atoms with Crippen molar-refractivity contribution < 1.29 is 19.1 Å². The molecule has 4 nitrogen and oxygen atoms in total. The van der Waals surface area contributed by atoms with E-state index in [1.807, 2.05) is 13.0 Å². The second-order valence-corrected chi connectivity index (χ2v) is 4.58. The molecule has 0 radical (unpaired) electrons. The van der Waals surface area contributed by atoms with Gasteiger partial charge in [-0.05, 0) is 19.3 Å². The van der Waals surface area contributed by atoms with Gasteiger partial charge in [-0.1, -0.05) is 39.2 Å². The lowest BCUT2D eigenvalue weighted by molar-refractivity contribution is -0.178. The van der Waals surface area contributed by atoms with E-state index in [2.05, 4.69) is 6.92 Å². The minimum Gasteiger partial charge on any atom is -0.421 e. The van der Waals surface area contributed by atoms with Gasteiger partial charge in [-0.25, -0.2) is 0 Å². The number of hydrogen-bond acceptors (Lipinski definition) is 4. The number of ether oxygens (including phenoxy) is 2. The molecule has 0 bridgehead atoms. The summed E-state index contributed by atoms with van der Waals surface area (Å²) in [5, 5.41) is 0. The first-order valence-electron chi connectivity index (χ1n) is 7.04. The Hall–Kier alpha value is -1.32. The van der Waals surface area contributed by atoms with Crippen LogP contribution in [0.1, 0.15) is 66.2 Å². The molecular weight excluding hydrogens is 244 g/mol. The van der Waals surface area contributed by atoms with E-state index in [4.69, 9.17) is 9.47 Å². The molecular formula is C15H26O4. The first-order chi connectivity index (χ1) is 9.01. The van der Waals surface area contributed by atoms with E-state index in [0.29, 0.717) is 0 Å². The Balaban J connectivity index is 4.71. The highest BCUT2D eigenvalue weighted by Gasteiger charge is 2.19. The molecule has 0 aliphatic carbocycles. The zero-order valence-electron chi connectivity index (χ0n) is 12.5. The molecule has 19 heavy (non-hydrogen) atoms. The van der Waals surface area contributed by atoms with E-state index in [1.165, 1.54) is 20.3 Å². The molecule has 0 aromatic carbocycles. The van der Waals surface area contributed by atoms with Crippen LogP contribution in [0.4, 0.5) is 0 Å². The number of allylic oxidation sites excluding steroid dienone is 1. The molecule has 0 aromatic heterocycles. The average molecular weight is 270 g/mol. The highest BCUT2D eigenvalue weighted by atomic mass is 16.7. The molecule has 0 spiro atoms. The molecule has 0 N–H and O–H groups in total. The van der Waals surface area contributed by atoms with E-state index >= 15 is 0 Å². The summed E-state index contributed by atoms with van der Waals surface area (Å²) < 4.78 is 10.2. The van der Waals surface area contributed by atoms with Crippen LogP contribution >= 0.6 is 0 Å². The van der Waals surface area contributed by atoms with Crippen molar-refractivity contribution in [3.63, 3.8) is 0 Å². The van der Waals surface area contributed by atoms with Crippen molar-refractivity contribution in [3.05, 3.63) is 11.6 Å². The third-order valence-electron chi connectivity index (χ3n) is 2.60. The number of esters is 2. The fourth-order valence-electron chi connectivity index (χ4n) is 1.76. The van der Waals surface area contributed by atoms with Crippen LogP contribution in [0.2, 0.25) is 0 Å². The minimum absolute atomic E-state index is 0.443. The van der Waals surface area contributed by atoms with Gasteiger partial charge in [-0.15, -0.1) is 0 Å². The summed E-state index contributed by atoms with van der Waals surface area (Å²) in [4.78, 5) is 22.2. The van der Waals surface area contributed by atoms with E-state index in [-0.39, 0.29) is 0 Å². The average Bonchev–Trinajstić information content (AvgIpc) is 2.31. The Bertz CT molecular complexity index is 291. The van der Waals surface area contributed by atoms with Crippen LogP contribution in [0.3, 0.4) is 0 Å². The van der Waals surface area contributed by atoms with Gasteiger partial charge in [-0.2, -0.15) is 0 Å². The number of unbranched alkanes of at least 4 members (excludes halogenated alkanes) is 3. The van der Waals surface area contributed by atoms with Gasteiger partial charge in [0, 0.05) is 19.4 Å². The quantitative estimate of drug-likeness (QED) is 0.277.